The maximum absolute atomic E-state index is 12.7. The van der Waals surface area contributed by atoms with Crippen molar-refractivity contribution in [2.24, 2.45) is 5.73 Å². The summed E-state index contributed by atoms with van der Waals surface area (Å²) >= 11 is 0. The highest BCUT2D eigenvalue weighted by molar-refractivity contribution is 7.89. The molecule has 0 aromatic heterocycles. The summed E-state index contributed by atoms with van der Waals surface area (Å²) in [4.78, 5) is 16.9. The molecule has 1 atom stereocenters. The van der Waals surface area contributed by atoms with Crippen LogP contribution in [0.1, 0.15) is 25.3 Å². The number of rotatable bonds is 5. The second-order valence-electron chi connectivity index (χ2n) is 5.60. The van der Waals surface area contributed by atoms with Gasteiger partial charge in [-0.2, -0.15) is 4.31 Å². The van der Waals surface area contributed by atoms with Crippen LogP contribution in [0.3, 0.4) is 0 Å². The molecule has 1 aromatic carbocycles. The minimum Gasteiger partial charge on any atom is -0.368 e. The predicted molar refractivity (Wildman–Crippen MR) is 85.6 cm³/mol. The Hall–Kier alpha value is -1.48. The van der Waals surface area contributed by atoms with E-state index in [1.807, 2.05) is 19.9 Å². The van der Waals surface area contributed by atoms with E-state index < -0.39 is 16.2 Å². The number of carbonyl (C=O) groups excluding carboxylic acids is 1. The fraction of sp³-hybridized carbons (Fsp3) is 0.533. The summed E-state index contributed by atoms with van der Waals surface area (Å²) in [6, 6.07) is 6.72. The van der Waals surface area contributed by atoms with Crippen molar-refractivity contribution in [3.05, 3.63) is 29.8 Å². The summed E-state index contributed by atoms with van der Waals surface area (Å²) in [5, 5.41) is 1.44. The third kappa shape index (κ3) is 4.29. The zero-order valence-corrected chi connectivity index (χ0v) is 14.3. The molecule has 128 valence electrons. The van der Waals surface area contributed by atoms with Gasteiger partial charge in [0.25, 0.3) is 0 Å². The summed E-state index contributed by atoms with van der Waals surface area (Å²) in [6.07, 6.45) is 0.271. The second-order valence-corrected chi connectivity index (χ2v) is 7.49. The molecular weight excluding hydrogens is 318 g/mol. The molecule has 8 heteroatoms. The third-order valence-corrected chi connectivity index (χ3v) is 5.53. The molecule has 1 aliphatic rings. The average molecular weight is 341 g/mol. The van der Waals surface area contributed by atoms with E-state index in [1.165, 1.54) is 9.37 Å². The summed E-state index contributed by atoms with van der Waals surface area (Å²) in [6.45, 7) is 4.36. The quantitative estimate of drug-likeness (QED) is 0.853. The van der Waals surface area contributed by atoms with Crippen molar-refractivity contribution >= 4 is 16.0 Å². The van der Waals surface area contributed by atoms with Gasteiger partial charge in [0.1, 0.15) is 0 Å². The van der Waals surface area contributed by atoms with Crippen LogP contribution in [0.15, 0.2) is 29.2 Å². The van der Waals surface area contributed by atoms with E-state index in [1.54, 1.807) is 18.2 Å². The maximum Gasteiger partial charge on any atom is 0.325 e. The number of nitrogens with zero attached hydrogens (tertiary/aromatic N) is 2. The van der Waals surface area contributed by atoms with Gasteiger partial charge in [-0.05, 0) is 31.0 Å². The van der Waals surface area contributed by atoms with Gasteiger partial charge in [-0.25, -0.2) is 8.42 Å². The van der Waals surface area contributed by atoms with Gasteiger partial charge < -0.3 is 10.6 Å². The van der Waals surface area contributed by atoms with Crippen LogP contribution in [0.2, 0.25) is 0 Å². The molecule has 1 unspecified atom stereocenters. The standard InChI is InChI=1S/C15H23N3O4S/c1-3-5-15(19)22-17-8-9-18(14(16)11-17)23(20,21)13-7-4-6-12(2)10-13/h4,6-7,10,14H,3,5,8-9,11,16H2,1-2H3. The monoisotopic (exact) mass is 341 g/mol. The predicted octanol–water partition coefficient (Wildman–Crippen LogP) is 0.844. The van der Waals surface area contributed by atoms with Crippen LogP contribution in [0, 0.1) is 6.92 Å². The number of nitrogens with two attached hydrogens (primary N) is 1. The van der Waals surface area contributed by atoms with Gasteiger partial charge in [0.2, 0.25) is 10.0 Å². The van der Waals surface area contributed by atoms with Gasteiger partial charge in [0, 0.05) is 19.5 Å². The number of carbonyl (C=O) groups is 1. The molecule has 7 nitrogen and oxygen atoms in total. The summed E-state index contributed by atoms with van der Waals surface area (Å²) < 4.78 is 26.7. The van der Waals surface area contributed by atoms with Gasteiger partial charge in [0.05, 0.1) is 17.6 Å². The smallest absolute Gasteiger partial charge is 0.325 e. The lowest BCUT2D eigenvalue weighted by Gasteiger charge is -2.37. The number of hydrogen-bond donors (Lipinski definition) is 1. The molecule has 1 heterocycles. The van der Waals surface area contributed by atoms with E-state index in [2.05, 4.69) is 0 Å². The first kappa shape index (κ1) is 17.9. The van der Waals surface area contributed by atoms with Crippen LogP contribution in [-0.4, -0.2) is 49.6 Å². The first-order chi connectivity index (χ1) is 10.8. The number of piperazine rings is 1. The maximum atomic E-state index is 12.7. The molecule has 2 rings (SSSR count). The van der Waals surface area contributed by atoms with Crippen molar-refractivity contribution in [1.29, 1.82) is 0 Å². The summed E-state index contributed by atoms with van der Waals surface area (Å²) in [5.74, 6) is -0.324. The van der Waals surface area contributed by atoms with Gasteiger partial charge in [-0.3, -0.25) is 4.79 Å². The van der Waals surface area contributed by atoms with E-state index in [4.69, 9.17) is 10.6 Å². The third-order valence-electron chi connectivity index (χ3n) is 3.61. The fourth-order valence-corrected chi connectivity index (χ4v) is 4.05. The van der Waals surface area contributed by atoms with Crippen LogP contribution in [0.5, 0.6) is 0 Å². The van der Waals surface area contributed by atoms with Gasteiger partial charge in [0.15, 0.2) is 0 Å². The van der Waals surface area contributed by atoms with Crippen LogP contribution in [0.25, 0.3) is 0 Å². The second kappa shape index (κ2) is 7.39. The fourth-order valence-electron chi connectivity index (χ4n) is 2.45. The van der Waals surface area contributed by atoms with Crippen molar-refractivity contribution in [3.63, 3.8) is 0 Å². The van der Waals surface area contributed by atoms with Crippen molar-refractivity contribution in [2.45, 2.75) is 37.8 Å². The molecule has 1 aromatic rings. The molecule has 0 amide bonds. The highest BCUT2D eigenvalue weighted by atomic mass is 32.2. The van der Waals surface area contributed by atoms with Crippen LogP contribution in [0.4, 0.5) is 0 Å². The Morgan fingerprint density at radius 2 is 2.13 bits per heavy atom. The molecule has 23 heavy (non-hydrogen) atoms. The highest BCUT2D eigenvalue weighted by Crippen LogP contribution is 2.20. The van der Waals surface area contributed by atoms with Crippen molar-refractivity contribution in [2.75, 3.05) is 19.6 Å². The molecule has 1 aliphatic heterocycles. The number of hydrogen-bond acceptors (Lipinski definition) is 6. The Labute approximate surface area is 137 Å². The Morgan fingerprint density at radius 3 is 2.74 bits per heavy atom. The SMILES string of the molecule is CCCC(=O)ON1CCN(S(=O)(=O)c2cccc(C)c2)C(N)C1. The lowest BCUT2D eigenvalue weighted by atomic mass is 10.2. The largest absolute Gasteiger partial charge is 0.368 e. The zero-order valence-electron chi connectivity index (χ0n) is 13.4. The van der Waals surface area contributed by atoms with Gasteiger partial charge in [-0.1, -0.05) is 19.1 Å². The van der Waals surface area contributed by atoms with Crippen LogP contribution in [-0.2, 0) is 19.7 Å². The Morgan fingerprint density at radius 1 is 1.39 bits per heavy atom. The minimum atomic E-state index is -3.65. The Balaban J connectivity index is 2.07. The normalized spacial score (nSPS) is 20.4. The lowest BCUT2D eigenvalue weighted by molar-refractivity contribution is -0.199. The Bertz CT molecular complexity index is 662. The summed E-state index contributed by atoms with van der Waals surface area (Å²) in [5.41, 5.74) is 6.86. The highest BCUT2D eigenvalue weighted by Gasteiger charge is 2.35. The average Bonchev–Trinajstić information content (AvgIpc) is 2.47. The molecular formula is C15H23N3O4S. The number of aryl methyl sites for hydroxylation is 1. The topological polar surface area (TPSA) is 92.9 Å². The van der Waals surface area contributed by atoms with E-state index in [-0.39, 0.29) is 24.0 Å². The first-order valence-corrected chi connectivity index (χ1v) is 9.08. The lowest BCUT2D eigenvalue weighted by Crippen LogP contribution is -2.59. The first-order valence-electron chi connectivity index (χ1n) is 7.64. The van der Waals surface area contributed by atoms with Gasteiger partial charge >= 0.3 is 5.97 Å². The van der Waals surface area contributed by atoms with E-state index in [0.29, 0.717) is 19.4 Å². The minimum absolute atomic E-state index is 0.153. The molecule has 0 bridgehead atoms. The van der Waals surface area contributed by atoms with Crippen LogP contribution < -0.4 is 5.73 Å². The molecule has 0 radical (unpaired) electrons. The summed E-state index contributed by atoms with van der Waals surface area (Å²) in [7, 11) is -3.65. The van der Waals surface area contributed by atoms with E-state index in [9.17, 15) is 13.2 Å². The van der Waals surface area contributed by atoms with Crippen molar-refractivity contribution in [1.82, 2.24) is 9.37 Å². The van der Waals surface area contributed by atoms with E-state index in [0.717, 1.165) is 5.56 Å². The van der Waals surface area contributed by atoms with E-state index >= 15 is 0 Å². The molecule has 2 N–H and O–H groups in total. The van der Waals surface area contributed by atoms with Crippen molar-refractivity contribution in [3.8, 4) is 0 Å². The molecule has 1 saturated heterocycles. The molecule has 0 spiro atoms. The zero-order chi connectivity index (χ0) is 17.0. The number of hydroxylamine groups is 2. The van der Waals surface area contributed by atoms with Crippen molar-refractivity contribution < 1.29 is 18.0 Å². The molecule has 0 aliphatic carbocycles. The molecule has 1 fully saturated rings. The van der Waals surface area contributed by atoms with Crippen LogP contribution >= 0.6 is 0 Å². The molecule has 0 saturated carbocycles. The number of sulfonamides is 1. The van der Waals surface area contributed by atoms with Gasteiger partial charge in [-0.15, -0.1) is 5.06 Å². The Kier molecular flexibility index (Phi) is 5.74. The number of benzene rings is 1.